The molecule has 1 unspecified atom stereocenters. The molecule has 1 N–H and O–H groups in total. The molecule has 156 valence electrons. The average Bonchev–Trinajstić information content (AvgIpc) is 2.73. The summed E-state index contributed by atoms with van der Waals surface area (Å²) in [5.74, 6) is 0.393. The Bertz CT molecular complexity index is 955. The Morgan fingerprint density at radius 2 is 1.83 bits per heavy atom. The number of amides is 1. The lowest BCUT2D eigenvalue weighted by atomic mass is 9.96. The Labute approximate surface area is 180 Å². The van der Waals surface area contributed by atoms with E-state index < -0.39 is 10.0 Å². The highest BCUT2D eigenvalue weighted by Gasteiger charge is 2.32. The minimum absolute atomic E-state index is 0.0287. The average molecular weight is 481 g/mol. The van der Waals surface area contributed by atoms with Gasteiger partial charge in [-0.1, -0.05) is 28.1 Å². The SMILES string of the molecule is COc1ccc(S(=O)(=O)N2CCC(C(=O)NC(C)c3cccc(Br)c3)CC2)cc1. The summed E-state index contributed by atoms with van der Waals surface area (Å²) in [5, 5.41) is 3.05. The second kappa shape index (κ2) is 9.28. The van der Waals surface area contributed by atoms with E-state index in [2.05, 4.69) is 21.2 Å². The van der Waals surface area contributed by atoms with Crippen LogP contribution in [0.5, 0.6) is 5.75 Å². The molecular weight excluding hydrogens is 456 g/mol. The van der Waals surface area contributed by atoms with Crippen LogP contribution in [-0.2, 0) is 14.8 Å². The van der Waals surface area contributed by atoms with Gasteiger partial charge in [0.25, 0.3) is 0 Å². The quantitative estimate of drug-likeness (QED) is 0.682. The fraction of sp³-hybridized carbons (Fsp3) is 0.381. The molecule has 2 aromatic rings. The molecule has 1 aliphatic rings. The van der Waals surface area contributed by atoms with Crippen molar-refractivity contribution in [2.24, 2.45) is 5.92 Å². The van der Waals surface area contributed by atoms with Crippen LogP contribution < -0.4 is 10.1 Å². The Kier molecular flexibility index (Phi) is 6.97. The molecule has 1 aliphatic heterocycles. The van der Waals surface area contributed by atoms with Crippen molar-refractivity contribution in [2.45, 2.75) is 30.7 Å². The van der Waals surface area contributed by atoms with Gasteiger partial charge in [0.05, 0.1) is 18.0 Å². The molecule has 2 aromatic carbocycles. The first-order chi connectivity index (χ1) is 13.8. The van der Waals surface area contributed by atoms with Crippen LogP contribution >= 0.6 is 15.9 Å². The first-order valence-electron chi connectivity index (χ1n) is 9.51. The van der Waals surface area contributed by atoms with Crippen LogP contribution in [0.2, 0.25) is 0 Å². The normalized spacial score (nSPS) is 16.9. The second-order valence-corrected chi connectivity index (χ2v) is 9.99. The highest BCUT2D eigenvalue weighted by atomic mass is 79.9. The largest absolute Gasteiger partial charge is 0.497 e. The molecular formula is C21H25BrN2O4S. The van der Waals surface area contributed by atoms with E-state index in [-0.39, 0.29) is 22.8 Å². The maximum absolute atomic E-state index is 12.8. The third kappa shape index (κ3) is 5.18. The molecule has 29 heavy (non-hydrogen) atoms. The van der Waals surface area contributed by atoms with Crippen molar-refractivity contribution < 1.29 is 17.9 Å². The van der Waals surface area contributed by atoms with Gasteiger partial charge in [-0.05, 0) is 61.7 Å². The van der Waals surface area contributed by atoms with E-state index in [0.717, 1.165) is 10.0 Å². The zero-order chi connectivity index (χ0) is 21.0. The van der Waals surface area contributed by atoms with Gasteiger partial charge in [0, 0.05) is 23.5 Å². The van der Waals surface area contributed by atoms with Crippen molar-refractivity contribution in [3.8, 4) is 5.75 Å². The monoisotopic (exact) mass is 480 g/mol. The predicted molar refractivity (Wildman–Crippen MR) is 115 cm³/mol. The van der Waals surface area contributed by atoms with Crippen LogP contribution in [0.25, 0.3) is 0 Å². The van der Waals surface area contributed by atoms with Crippen molar-refractivity contribution in [3.05, 3.63) is 58.6 Å². The van der Waals surface area contributed by atoms with Crippen molar-refractivity contribution in [1.29, 1.82) is 0 Å². The summed E-state index contributed by atoms with van der Waals surface area (Å²) in [5.41, 5.74) is 1.02. The Hall–Kier alpha value is -1.90. The maximum Gasteiger partial charge on any atom is 0.243 e. The highest BCUT2D eigenvalue weighted by Crippen LogP contribution is 2.26. The van der Waals surface area contributed by atoms with Gasteiger partial charge in [-0.3, -0.25) is 4.79 Å². The number of nitrogens with one attached hydrogen (secondary N) is 1. The second-order valence-electron chi connectivity index (χ2n) is 7.14. The molecule has 1 saturated heterocycles. The number of hydrogen-bond acceptors (Lipinski definition) is 4. The number of rotatable bonds is 6. The molecule has 0 aromatic heterocycles. The van der Waals surface area contributed by atoms with E-state index in [1.807, 2.05) is 31.2 Å². The minimum Gasteiger partial charge on any atom is -0.497 e. The van der Waals surface area contributed by atoms with Crippen molar-refractivity contribution >= 4 is 31.9 Å². The molecule has 1 amide bonds. The lowest BCUT2D eigenvalue weighted by Crippen LogP contribution is -2.43. The Morgan fingerprint density at radius 1 is 1.17 bits per heavy atom. The van der Waals surface area contributed by atoms with E-state index in [1.165, 1.54) is 11.4 Å². The summed E-state index contributed by atoms with van der Waals surface area (Å²) >= 11 is 3.44. The molecule has 1 fully saturated rings. The predicted octanol–water partition coefficient (Wildman–Crippen LogP) is 3.74. The van der Waals surface area contributed by atoms with Gasteiger partial charge in [-0.15, -0.1) is 0 Å². The number of carbonyl (C=O) groups excluding carboxylic acids is 1. The van der Waals surface area contributed by atoms with Crippen molar-refractivity contribution in [3.63, 3.8) is 0 Å². The van der Waals surface area contributed by atoms with Crippen molar-refractivity contribution in [2.75, 3.05) is 20.2 Å². The van der Waals surface area contributed by atoms with E-state index >= 15 is 0 Å². The number of piperidine rings is 1. The van der Waals surface area contributed by atoms with Gasteiger partial charge in [0.2, 0.25) is 15.9 Å². The summed E-state index contributed by atoms with van der Waals surface area (Å²) in [6.07, 6.45) is 1.01. The molecule has 1 heterocycles. The van der Waals surface area contributed by atoms with Crippen LogP contribution in [0.15, 0.2) is 57.9 Å². The molecule has 6 nitrogen and oxygen atoms in total. The number of benzene rings is 2. The first-order valence-corrected chi connectivity index (χ1v) is 11.7. The van der Waals surface area contributed by atoms with E-state index in [4.69, 9.17) is 4.74 Å². The van der Waals surface area contributed by atoms with Gasteiger partial charge in [0.15, 0.2) is 0 Å². The lowest BCUT2D eigenvalue weighted by molar-refractivity contribution is -0.126. The molecule has 0 spiro atoms. The van der Waals surface area contributed by atoms with Gasteiger partial charge in [-0.25, -0.2) is 8.42 Å². The van der Waals surface area contributed by atoms with Gasteiger partial charge in [0.1, 0.15) is 5.75 Å². The number of sulfonamides is 1. The number of methoxy groups -OCH3 is 1. The van der Waals surface area contributed by atoms with Gasteiger partial charge >= 0.3 is 0 Å². The Balaban J connectivity index is 1.58. The van der Waals surface area contributed by atoms with E-state index in [9.17, 15) is 13.2 Å². The third-order valence-electron chi connectivity index (χ3n) is 5.23. The van der Waals surface area contributed by atoms with E-state index in [1.54, 1.807) is 24.3 Å². The smallest absolute Gasteiger partial charge is 0.243 e. The maximum atomic E-state index is 12.8. The molecule has 0 radical (unpaired) electrons. The molecule has 0 saturated carbocycles. The van der Waals surface area contributed by atoms with Gasteiger partial charge in [-0.2, -0.15) is 4.31 Å². The summed E-state index contributed by atoms with van der Waals surface area (Å²) < 4.78 is 33.2. The first kappa shape index (κ1) is 21.8. The zero-order valence-corrected chi connectivity index (χ0v) is 18.9. The van der Waals surface area contributed by atoms with Crippen LogP contribution in [-0.4, -0.2) is 38.8 Å². The summed E-state index contributed by atoms with van der Waals surface area (Å²) in [4.78, 5) is 12.9. The van der Waals surface area contributed by atoms with Crippen LogP contribution in [0, 0.1) is 5.92 Å². The molecule has 0 aliphatic carbocycles. The summed E-state index contributed by atoms with van der Waals surface area (Å²) in [6.45, 7) is 2.61. The van der Waals surface area contributed by atoms with Crippen LogP contribution in [0.3, 0.4) is 0 Å². The molecule has 8 heteroatoms. The number of halogens is 1. The number of nitrogens with zero attached hydrogens (tertiary/aromatic N) is 1. The Morgan fingerprint density at radius 3 is 2.41 bits per heavy atom. The molecule has 3 rings (SSSR count). The fourth-order valence-corrected chi connectivity index (χ4v) is 5.33. The minimum atomic E-state index is -3.57. The lowest BCUT2D eigenvalue weighted by Gasteiger charge is -2.31. The fourth-order valence-electron chi connectivity index (χ4n) is 3.45. The molecule has 0 bridgehead atoms. The standard InChI is InChI=1S/C21H25BrN2O4S/c1-15(17-4-3-5-18(22)14-17)23-21(25)16-10-12-24(13-11-16)29(26,27)20-8-6-19(28-2)7-9-20/h3-9,14-16H,10-13H2,1-2H3,(H,23,25). The molecule has 1 atom stereocenters. The van der Waals surface area contributed by atoms with Crippen LogP contribution in [0.4, 0.5) is 0 Å². The number of hydrogen-bond donors (Lipinski definition) is 1. The summed E-state index contributed by atoms with van der Waals surface area (Å²) in [6, 6.07) is 14.1. The highest BCUT2D eigenvalue weighted by molar-refractivity contribution is 9.10. The summed E-state index contributed by atoms with van der Waals surface area (Å²) in [7, 11) is -2.03. The number of carbonyl (C=O) groups is 1. The van der Waals surface area contributed by atoms with E-state index in [0.29, 0.717) is 31.7 Å². The topological polar surface area (TPSA) is 75.7 Å². The third-order valence-corrected chi connectivity index (χ3v) is 7.64. The van der Waals surface area contributed by atoms with Gasteiger partial charge < -0.3 is 10.1 Å². The van der Waals surface area contributed by atoms with Crippen molar-refractivity contribution in [1.82, 2.24) is 9.62 Å². The van der Waals surface area contributed by atoms with Crippen LogP contribution in [0.1, 0.15) is 31.4 Å². The number of ether oxygens (including phenoxy) is 1. The zero-order valence-electron chi connectivity index (χ0n) is 16.5.